The SMILES string of the molecule is CCC(CN)CC(=O)NC(C)CCCN(CC)CC. The van der Waals surface area contributed by atoms with Crippen LogP contribution >= 0.6 is 0 Å². The Kier molecular flexibility index (Phi) is 10.9. The van der Waals surface area contributed by atoms with Crippen LogP contribution in [0.25, 0.3) is 0 Å². The summed E-state index contributed by atoms with van der Waals surface area (Å²) < 4.78 is 0. The summed E-state index contributed by atoms with van der Waals surface area (Å²) >= 11 is 0. The standard InChI is InChI=1S/C15H33N3O/c1-5-14(12-16)11-15(19)17-13(4)9-8-10-18(6-2)7-3/h13-14H,5-12,16H2,1-4H3,(H,17,19). The zero-order valence-electron chi connectivity index (χ0n) is 13.2. The van der Waals surface area contributed by atoms with Gasteiger partial charge >= 0.3 is 0 Å². The second-order valence-corrected chi connectivity index (χ2v) is 5.35. The number of nitrogens with one attached hydrogen (secondary N) is 1. The van der Waals surface area contributed by atoms with Gasteiger partial charge in [0, 0.05) is 12.5 Å². The molecule has 0 bridgehead atoms. The van der Waals surface area contributed by atoms with Crippen LogP contribution in [0.15, 0.2) is 0 Å². The molecule has 0 spiro atoms. The monoisotopic (exact) mass is 271 g/mol. The van der Waals surface area contributed by atoms with Gasteiger partial charge in [-0.25, -0.2) is 0 Å². The second kappa shape index (κ2) is 11.2. The number of amides is 1. The highest BCUT2D eigenvalue weighted by atomic mass is 16.1. The van der Waals surface area contributed by atoms with Crippen LogP contribution in [0.1, 0.15) is 53.4 Å². The van der Waals surface area contributed by atoms with E-state index < -0.39 is 0 Å². The lowest BCUT2D eigenvalue weighted by Crippen LogP contribution is -2.35. The third-order valence-corrected chi connectivity index (χ3v) is 3.80. The molecule has 2 atom stereocenters. The van der Waals surface area contributed by atoms with Crippen molar-refractivity contribution < 1.29 is 4.79 Å². The van der Waals surface area contributed by atoms with Crippen LogP contribution in [-0.2, 0) is 4.79 Å². The van der Waals surface area contributed by atoms with E-state index in [4.69, 9.17) is 5.73 Å². The molecule has 4 heteroatoms. The predicted octanol–water partition coefficient (Wildman–Crippen LogP) is 1.99. The zero-order valence-corrected chi connectivity index (χ0v) is 13.2. The van der Waals surface area contributed by atoms with E-state index in [1.165, 1.54) is 0 Å². The van der Waals surface area contributed by atoms with Crippen molar-refractivity contribution in [3.8, 4) is 0 Å². The van der Waals surface area contributed by atoms with Crippen LogP contribution in [0.3, 0.4) is 0 Å². The number of hydrogen-bond acceptors (Lipinski definition) is 3. The van der Waals surface area contributed by atoms with E-state index in [2.05, 4.69) is 37.9 Å². The molecule has 0 rings (SSSR count). The van der Waals surface area contributed by atoms with Crippen LogP contribution in [0, 0.1) is 5.92 Å². The molecule has 0 aromatic heterocycles. The van der Waals surface area contributed by atoms with Gasteiger partial charge in [0.05, 0.1) is 0 Å². The molecule has 0 fully saturated rings. The van der Waals surface area contributed by atoms with Gasteiger partial charge in [-0.2, -0.15) is 0 Å². The number of hydrogen-bond donors (Lipinski definition) is 2. The first-order chi connectivity index (χ1) is 9.07. The van der Waals surface area contributed by atoms with Gasteiger partial charge in [0.15, 0.2) is 0 Å². The first-order valence-corrected chi connectivity index (χ1v) is 7.78. The van der Waals surface area contributed by atoms with Crippen molar-refractivity contribution in [2.45, 2.75) is 59.4 Å². The Labute approximate surface area is 119 Å². The molecule has 0 heterocycles. The van der Waals surface area contributed by atoms with E-state index >= 15 is 0 Å². The van der Waals surface area contributed by atoms with Crippen molar-refractivity contribution in [2.75, 3.05) is 26.2 Å². The minimum Gasteiger partial charge on any atom is -0.354 e. The fraction of sp³-hybridized carbons (Fsp3) is 0.933. The molecule has 0 aliphatic carbocycles. The summed E-state index contributed by atoms with van der Waals surface area (Å²) in [6.07, 6.45) is 3.71. The third kappa shape index (κ3) is 9.00. The van der Waals surface area contributed by atoms with Crippen molar-refractivity contribution >= 4 is 5.91 Å². The summed E-state index contributed by atoms with van der Waals surface area (Å²) in [5.74, 6) is 0.468. The highest BCUT2D eigenvalue weighted by Crippen LogP contribution is 2.06. The lowest BCUT2D eigenvalue weighted by Gasteiger charge is -2.20. The van der Waals surface area contributed by atoms with Gasteiger partial charge in [-0.05, 0) is 51.9 Å². The van der Waals surface area contributed by atoms with Gasteiger partial charge < -0.3 is 16.0 Å². The number of carbonyl (C=O) groups excluding carboxylic acids is 1. The maximum atomic E-state index is 11.8. The Bertz CT molecular complexity index is 225. The first kappa shape index (κ1) is 18.4. The molecule has 2 unspecified atom stereocenters. The molecule has 3 N–H and O–H groups in total. The van der Waals surface area contributed by atoms with Crippen LogP contribution < -0.4 is 11.1 Å². The molecular weight excluding hydrogens is 238 g/mol. The van der Waals surface area contributed by atoms with Crippen molar-refractivity contribution in [2.24, 2.45) is 11.7 Å². The predicted molar refractivity (Wildman–Crippen MR) is 82.1 cm³/mol. The van der Waals surface area contributed by atoms with Gasteiger partial charge in [0.25, 0.3) is 0 Å². The summed E-state index contributed by atoms with van der Waals surface area (Å²) in [6, 6.07) is 0.262. The highest BCUT2D eigenvalue weighted by Gasteiger charge is 2.12. The normalized spacial score (nSPS) is 14.4. The fourth-order valence-electron chi connectivity index (χ4n) is 2.22. The quantitative estimate of drug-likeness (QED) is 0.604. The Morgan fingerprint density at radius 3 is 2.37 bits per heavy atom. The van der Waals surface area contributed by atoms with E-state index in [1.807, 2.05) is 0 Å². The molecule has 0 aliphatic heterocycles. The Hall–Kier alpha value is -0.610. The van der Waals surface area contributed by atoms with Gasteiger partial charge in [-0.1, -0.05) is 27.2 Å². The molecule has 0 aromatic carbocycles. The Balaban J connectivity index is 3.78. The lowest BCUT2D eigenvalue weighted by molar-refractivity contribution is -0.122. The molecule has 114 valence electrons. The number of carbonyl (C=O) groups is 1. The van der Waals surface area contributed by atoms with Crippen LogP contribution in [0.4, 0.5) is 0 Å². The molecule has 0 aromatic rings. The molecule has 19 heavy (non-hydrogen) atoms. The van der Waals surface area contributed by atoms with Crippen LogP contribution in [0.2, 0.25) is 0 Å². The van der Waals surface area contributed by atoms with Crippen LogP contribution in [-0.4, -0.2) is 43.0 Å². The average Bonchev–Trinajstić information content (AvgIpc) is 2.40. The summed E-state index contributed by atoms with van der Waals surface area (Å²) in [4.78, 5) is 14.2. The molecule has 0 radical (unpaired) electrons. The molecule has 0 saturated heterocycles. The maximum absolute atomic E-state index is 11.8. The minimum atomic E-state index is 0.146. The lowest BCUT2D eigenvalue weighted by atomic mass is 10.0. The number of nitrogens with zero attached hydrogens (tertiary/aromatic N) is 1. The van der Waals surface area contributed by atoms with E-state index in [-0.39, 0.29) is 11.9 Å². The second-order valence-electron chi connectivity index (χ2n) is 5.35. The molecule has 4 nitrogen and oxygen atoms in total. The topological polar surface area (TPSA) is 58.4 Å². The van der Waals surface area contributed by atoms with E-state index in [1.54, 1.807) is 0 Å². The van der Waals surface area contributed by atoms with Crippen molar-refractivity contribution in [3.63, 3.8) is 0 Å². The summed E-state index contributed by atoms with van der Waals surface area (Å²) in [6.45, 7) is 12.5. The third-order valence-electron chi connectivity index (χ3n) is 3.80. The molecule has 0 saturated carbocycles. The summed E-state index contributed by atoms with van der Waals surface area (Å²) in [5.41, 5.74) is 5.62. The Morgan fingerprint density at radius 1 is 1.26 bits per heavy atom. The molecular formula is C15H33N3O. The smallest absolute Gasteiger partial charge is 0.220 e. The zero-order chi connectivity index (χ0) is 14.7. The van der Waals surface area contributed by atoms with Gasteiger partial charge in [-0.3, -0.25) is 4.79 Å². The Morgan fingerprint density at radius 2 is 1.89 bits per heavy atom. The summed E-state index contributed by atoms with van der Waals surface area (Å²) in [7, 11) is 0. The number of rotatable bonds is 11. The molecule has 0 aliphatic rings. The van der Waals surface area contributed by atoms with E-state index in [0.717, 1.165) is 38.9 Å². The molecule has 1 amide bonds. The van der Waals surface area contributed by atoms with Crippen LogP contribution in [0.5, 0.6) is 0 Å². The minimum absolute atomic E-state index is 0.146. The van der Waals surface area contributed by atoms with E-state index in [0.29, 0.717) is 18.9 Å². The largest absolute Gasteiger partial charge is 0.354 e. The highest BCUT2D eigenvalue weighted by molar-refractivity contribution is 5.76. The van der Waals surface area contributed by atoms with Gasteiger partial charge in [-0.15, -0.1) is 0 Å². The van der Waals surface area contributed by atoms with Gasteiger partial charge in [0.1, 0.15) is 0 Å². The maximum Gasteiger partial charge on any atom is 0.220 e. The summed E-state index contributed by atoms with van der Waals surface area (Å²) in [5, 5.41) is 3.08. The fourth-order valence-corrected chi connectivity index (χ4v) is 2.22. The number of nitrogens with two attached hydrogens (primary N) is 1. The van der Waals surface area contributed by atoms with Crippen molar-refractivity contribution in [3.05, 3.63) is 0 Å². The van der Waals surface area contributed by atoms with Crippen molar-refractivity contribution in [1.29, 1.82) is 0 Å². The van der Waals surface area contributed by atoms with Crippen molar-refractivity contribution in [1.82, 2.24) is 10.2 Å². The van der Waals surface area contributed by atoms with Gasteiger partial charge in [0.2, 0.25) is 5.91 Å². The van der Waals surface area contributed by atoms with E-state index in [9.17, 15) is 4.79 Å². The average molecular weight is 271 g/mol. The first-order valence-electron chi connectivity index (χ1n) is 7.78.